The van der Waals surface area contributed by atoms with Gasteiger partial charge in [-0.25, -0.2) is 0 Å². The zero-order chi connectivity index (χ0) is 8.12. The molecule has 0 saturated heterocycles. The van der Waals surface area contributed by atoms with Crippen LogP contribution < -0.4 is 0 Å². The summed E-state index contributed by atoms with van der Waals surface area (Å²) in [6, 6.07) is 0. The zero-order valence-electron chi connectivity index (χ0n) is 7.01. The van der Waals surface area contributed by atoms with Crippen LogP contribution in [0, 0.1) is 0 Å². The van der Waals surface area contributed by atoms with Crippen molar-refractivity contribution in [2.45, 2.75) is 0 Å². The van der Waals surface area contributed by atoms with Crippen molar-refractivity contribution in [2.75, 3.05) is 0 Å². The summed E-state index contributed by atoms with van der Waals surface area (Å²) < 4.78 is 47.0. The normalized spacial score (nSPS) is 2.40. The Morgan fingerprint density at radius 2 is 0.800 bits per heavy atom. The Kier molecular flexibility index (Phi) is 103. The SMILES string of the molecule is [Ca+2].[H-].[H-].[O]=[Al][OH].[O]=[Al][OH].[O]=[Al][OH]. The van der Waals surface area contributed by atoms with Crippen molar-refractivity contribution in [3.63, 3.8) is 0 Å². The number of hydrogen-bond acceptors (Lipinski definition) is 3. The van der Waals surface area contributed by atoms with Crippen molar-refractivity contribution < 1.29 is 26.7 Å². The van der Waals surface area contributed by atoms with Gasteiger partial charge in [0.15, 0.2) is 0 Å². The minimum atomic E-state index is -1.50. The van der Waals surface area contributed by atoms with E-state index in [-0.39, 0.29) is 40.6 Å². The maximum atomic E-state index is 8.57. The molecule has 0 saturated carbocycles. The van der Waals surface area contributed by atoms with E-state index in [1.165, 1.54) is 0 Å². The van der Waals surface area contributed by atoms with Gasteiger partial charge in [-0.2, -0.15) is 0 Å². The second kappa shape index (κ2) is 45.8. The zero-order valence-corrected chi connectivity index (χ0v) is 10.7. The van der Waals surface area contributed by atoms with E-state index in [1.54, 1.807) is 0 Å². The van der Waals surface area contributed by atoms with Gasteiger partial charge in [-0.15, -0.1) is 0 Å². The maximum absolute atomic E-state index is 8.57. The van der Waals surface area contributed by atoms with E-state index in [0.29, 0.717) is 0 Å². The second-order valence-electron chi connectivity index (χ2n) is 0.316. The Morgan fingerprint density at radius 1 is 0.800 bits per heavy atom. The van der Waals surface area contributed by atoms with Crippen molar-refractivity contribution in [3.8, 4) is 0 Å². The van der Waals surface area contributed by atoms with E-state index in [2.05, 4.69) is 0 Å². The van der Waals surface area contributed by atoms with Gasteiger partial charge in [0.25, 0.3) is 0 Å². The molecule has 3 N–H and O–H groups in total. The van der Waals surface area contributed by atoms with Crippen molar-refractivity contribution in [3.05, 3.63) is 0 Å². The summed E-state index contributed by atoms with van der Waals surface area (Å²) in [7, 11) is 0. The Bertz CT molecular complexity index is 57.5. The molecular weight excluding hydrogens is 217 g/mol. The Hall–Kier alpha value is 1.66. The van der Waals surface area contributed by atoms with Crippen LogP contribution in [0.5, 0.6) is 0 Å². The van der Waals surface area contributed by atoms with Gasteiger partial charge in [-0.05, 0) is 0 Å². The standard InChI is InChI=1S/3Al.Ca.3H2O.3O.2H/h;;;;3*1H2;;;;;/q3*+1;+2;;;;;;;2*-1/p-3. The molecule has 6 nitrogen and oxygen atoms in total. The Morgan fingerprint density at radius 3 is 0.800 bits per heavy atom. The van der Waals surface area contributed by atoms with Crippen LogP contribution in [0.3, 0.4) is 0 Å². The number of hydrogen-bond donors (Lipinski definition) is 3. The van der Waals surface area contributed by atoms with Gasteiger partial charge >= 0.3 is 108 Å². The molecule has 0 bridgehead atoms. The van der Waals surface area contributed by atoms with Gasteiger partial charge in [0.05, 0.1) is 0 Å². The third kappa shape index (κ3) is 264. The first-order chi connectivity index (χ1) is 4.24. The molecule has 0 amide bonds. The van der Waals surface area contributed by atoms with Crippen LogP contribution in [-0.4, -0.2) is 96.7 Å². The molecule has 52 valence electrons. The summed E-state index contributed by atoms with van der Waals surface area (Å²) in [4.78, 5) is 0. The molecule has 0 aliphatic heterocycles. The predicted octanol–water partition coefficient (Wildman–Crippen LogP) is -3.33. The predicted molar refractivity (Wildman–Crippen MR) is 34.0 cm³/mol. The van der Waals surface area contributed by atoms with Crippen LogP contribution >= 0.6 is 0 Å². The first-order valence-electron chi connectivity index (χ1n) is 1.48. The molecule has 0 spiro atoms. The van der Waals surface area contributed by atoms with Gasteiger partial charge in [0.2, 0.25) is 0 Å². The minimum absolute atomic E-state index is 0. The molecule has 0 aliphatic rings. The Labute approximate surface area is 109 Å². The van der Waals surface area contributed by atoms with E-state index in [9.17, 15) is 0 Å². The second-order valence-corrected chi connectivity index (χ2v) is 0.949. The first kappa shape index (κ1) is 22.6. The molecule has 0 aromatic rings. The van der Waals surface area contributed by atoms with Crippen LogP contribution in [0.2, 0.25) is 0 Å². The summed E-state index contributed by atoms with van der Waals surface area (Å²) in [5, 5.41) is 0. The van der Waals surface area contributed by atoms with Crippen LogP contribution in [0.15, 0.2) is 0 Å². The monoisotopic (exact) mass is 222 g/mol. The number of rotatable bonds is 0. The summed E-state index contributed by atoms with van der Waals surface area (Å²) in [5.41, 5.74) is 0. The van der Waals surface area contributed by atoms with Gasteiger partial charge in [-0.1, -0.05) is 0 Å². The van der Waals surface area contributed by atoms with Gasteiger partial charge in [0, 0.05) is 0 Å². The summed E-state index contributed by atoms with van der Waals surface area (Å²) in [6.07, 6.45) is 0. The first-order valence-corrected chi connectivity index (χ1v) is 4.45. The van der Waals surface area contributed by atoms with Crippen LogP contribution in [0.4, 0.5) is 0 Å². The molecule has 0 radical (unpaired) electrons. The van der Waals surface area contributed by atoms with Crippen LogP contribution in [0.25, 0.3) is 0 Å². The summed E-state index contributed by atoms with van der Waals surface area (Å²) in [6.45, 7) is 0. The van der Waals surface area contributed by atoms with Crippen molar-refractivity contribution in [1.82, 2.24) is 0 Å². The van der Waals surface area contributed by atoms with E-state index in [1.807, 2.05) is 0 Å². The van der Waals surface area contributed by atoms with Gasteiger partial charge in [0.1, 0.15) is 0 Å². The molecule has 0 fully saturated rings. The molecule has 10 heavy (non-hydrogen) atoms. The van der Waals surface area contributed by atoms with E-state index in [0.717, 1.165) is 0 Å². The third-order valence-corrected chi connectivity index (χ3v) is 0. The van der Waals surface area contributed by atoms with Crippen molar-refractivity contribution in [2.24, 2.45) is 0 Å². The van der Waals surface area contributed by atoms with Crippen LogP contribution in [-0.2, 0) is 11.4 Å². The van der Waals surface area contributed by atoms with Gasteiger partial charge in [-0.3, -0.25) is 0 Å². The molecule has 0 aromatic heterocycles. The molecular formula is H5Al3CaO6. The molecule has 0 rings (SSSR count). The Balaban J connectivity index is -0.00000001000. The molecule has 0 unspecified atom stereocenters. The fraction of sp³-hybridized carbons (Fsp3) is 0. The molecule has 0 heterocycles. The van der Waals surface area contributed by atoms with Gasteiger partial charge < -0.3 is 2.85 Å². The third-order valence-electron chi connectivity index (χ3n) is 0. The average molecular weight is 222 g/mol. The van der Waals surface area contributed by atoms with E-state index in [4.69, 9.17) is 23.9 Å². The molecule has 0 aliphatic carbocycles. The van der Waals surface area contributed by atoms with Crippen molar-refractivity contribution >= 4 is 84.2 Å². The molecule has 0 atom stereocenters. The van der Waals surface area contributed by atoms with Crippen LogP contribution in [0.1, 0.15) is 2.85 Å². The average Bonchev–Trinajstić information content (AvgIpc) is 1.70. The van der Waals surface area contributed by atoms with Crippen molar-refractivity contribution in [1.29, 1.82) is 0 Å². The quantitative estimate of drug-likeness (QED) is 0.369. The molecule has 10 heteroatoms. The fourth-order valence-corrected chi connectivity index (χ4v) is 0. The summed E-state index contributed by atoms with van der Waals surface area (Å²) in [5.74, 6) is 0. The topological polar surface area (TPSA) is 112 Å². The fourth-order valence-electron chi connectivity index (χ4n) is 0. The molecule has 0 aromatic carbocycles. The van der Waals surface area contributed by atoms with E-state index < -0.39 is 46.5 Å². The summed E-state index contributed by atoms with van der Waals surface area (Å²) >= 11 is -4.50. The van der Waals surface area contributed by atoms with E-state index >= 15 is 0 Å².